The summed E-state index contributed by atoms with van der Waals surface area (Å²) in [6.07, 6.45) is 5.59. The van der Waals surface area contributed by atoms with Gasteiger partial charge in [0.05, 0.1) is 0 Å². The van der Waals surface area contributed by atoms with E-state index in [4.69, 9.17) is 11.1 Å². The Morgan fingerprint density at radius 3 is 2.58 bits per heavy atom. The molecule has 2 saturated carbocycles. The summed E-state index contributed by atoms with van der Waals surface area (Å²) in [5.41, 5.74) is 9.02. The normalized spacial score (nSPS) is 18.8. The molecule has 0 aliphatic heterocycles. The summed E-state index contributed by atoms with van der Waals surface area (Å²) in [6.45, 7) is 4.47. The van der Waals surface area contributed by atoms with E-state index < -0.39 is 0 Å². The van der Waals surface area contributed by atoms with Gasteiger partial charge in [-0.05, 0) is 55.7 Å². The predicted octanol–water partition coefficient (Wildman–Crippen LogP) is 2.65. The Bertz CT molecular complexity index is 487. The van der Waals surface area contributed by atoms with Crippen molar-refractivity contribution >= 4 is 5.84 Å². The summed E-state index contributed by atoms with van der Waals surface area (Å²) in [5.74, 6) is 1.11. The molecule has 102 valence electrons. The van der Waals surface area contributed by atoms with E-state index in [1.807, 2.05) is 12.1 Å². The molecule has 2 aliphatic rings. The molecule has 0 amide bonds. The summed E-state index contributed by atoms with van der Waals surface area (Å²) < 4.78 is 0. The lowest BCUT2D eigenvalue weighted by molar-refractivity contribution is 0.243. The molecule has 0 unspecified atom stereocenters. The standard InChI is InChI=1S/C16H23N3/c1-11-8-13(16(17)18)4-5-14(11)10-19(15-6-7-15)9-12-2-3-12/h4-5,8,12,15H,2-3,6-7,9-10H2,1H3,(H3,17,18). The first kappa shape index (κ1) is 12.7. The Labute approximate surface area is 115 Å². The Hall–Kier alpha value is -1.35. The van der Waals surface area contributed by atoms with Gasteiger partial charge >= 0.3 is 0 Å². The van der Waals surface area contributed by atoms with E-state index in [-0.39, 0.29) is 5.84 Å². The second-order valence-corrected chi connectivity index (χ2v) is 6.16. The zero-order valence-corrected chi connectivity index (χ0v) is 11.7. The highest BCUT2D eigenvalue weighted by Gasteiger charge is 2.33. The molecule has 2 fully saturated rings. The van der Waals surface area contributed by atoms with Gasteiger partial charge in [0.15, 0.2) is 0 Å². The van der Waals surface area contributed by atoms with Crippen molar-refractivity contribution in [3.05, 3.63) is 34.9 Å². The van der Waals surface area contributed by atoms with Crippen LogP contribution in [0.15, 0.2) is 18.2 Å². The quantitative estimate of drug-likeness (QED) is 0.608. The maximum atomic E-state index is 7.49. The van der Waals surface area contributed by atoms with E-state index >= 15 is 0 Å². The number of nitrogens with zero attached hydrogens (tertiary/aromatic N) is 1. The average molecular weight is 257 g/mol. The lowest BCUT2D eigenvalue weighted by Gasteiger charge is -2.23. The van der Waals surface area contributed by atoms with Crippen molar-refractivity contribution in [1.82, 2.24) is 4.90 Å². The largest absolute Gasteiger partial charge is 0.384 e. The topological polar surface area (TPSA) is 53.1 Å². The third-order valence-corrected chi connectivity index (χ3v) is 4.28. The number of aryl methyl sites for hydroxylation is 1. The lowest BCUT2D eigenvalue weighted by atomic mass is 10.0. The number of nitrogens with one attached hydrogen (secondary N) is 1. The van der Waals surface area contributed by atoms with Crippen LogP contribution >= 0.6 is 0 Å². The van der Waals surface area contributed by atoms with Crippen LogP contribution in [0.4, 0.5) is 0 Å². The van der Waals surface area contributed by atoms with E-state index in [0.29, 0.717) is 0 Å². The third kappa shape index (κ3) is 3.16. The molecule has 19 heavy (non-hydrogen) atoms. The van der Waals surface area contributed by atoms with E-state index in [9.17, 15) is 0 Å². The van der Waals surface area contributed by atoms with Gasteiger partial charge in [0.1, 0.15) is 5.84 Å². The molecule has 0 radical (unpaired) electrons. The van der Waals surface area contributed by atoms with E-state index in [1.165, 1.54) is 43.4 Å². The number of nitrogen functional groups attached to an aromatic ring is 1. The molecule has 0 saturated heterocycles. The molecule has 0 spiro atoms. The fourth-order valence-electron chi connectivity index (χ4n) is 2.67. The molecule has 1 aromatic rings. The van der Waals surface area contributed by atoms with Crippen molar-refractivity contribution in [2.75, 3.05) is 6.54 Å². The van der Waals surface area contributed by atoms with E-state index in [2.05, 4.69) is 17.9 Å². The van der Waals surface area contributed by atoms with Crippen LogP contribution in [0, 0.1) is 18.3 Å². The number of rotatable bonds is 6. The smallest absolute Gasteiger partial charge is 0.122 e. The zero-order chi connectivity index (χ0) is 13.4. The SMILES string of the molecule is Cc1cc(C(=N)N)ccc1CN(CC1CC1)C1CC1. The van der Waals surface area contributed by atoms with Crippen molar-refractivity contribution in [2.45, 2.75) is 45.2 Å². The maximum absolute atomic E-state index is 7.49. The monoisotopic (exact) mass is 257 g/mol. The first-order valence-corrected chi connectivity index (χ1v) is 7.31. The Morgan fingerprint density at radius 2 is 2.05 bits per heavy atom. The number of benzene rings is 1. The fraction of sp³-hybridized carbons (Fsp3) is 0.562. The number of hydrogen-bond donors (Lipinski definition) is 2. The highest BCUT2D eigenvalue weighted by atomic mass is 15.2. The first-order valence-electron chi connectivity index (χ1n) is 7.31. The molecule has 3 rings (SSSR count). The van der Waals surface area contributed by atoms with Gasteiger partial charge in [-0.2, -0.15) is 0 Å². The summed E-state index contributed by atoms with van der Waals surface area (Å²) >= 11 is 0. The minimum Gasteiger partial charge on any atom is -0.384 e. The van der Waals surface area contributed by atoms with Gasteiger partial charge in [0.2, 0.25) is 0 Å². The molecule has 0 bridgehead atoms. The Morgan fingerprint density at radius 1 is 1.32 bits per heavy atom. The van der Waals surface area contributed by atoms with Crippen molar-refractivity contribution in [2.24, 2.45) is 11.7 Å². The maximum Gasteiger partial charge on any atom is 0.122 e. The molecule has 3 nitrogen and oxygen atoms in total. The average Bonchev–Trinajstić information content (AvgIpc) is 3.24. The first-order chi connectivity index (χ1) is 9.13. The highest BCUT2D eigenvalue weighted by Crippen LogP contribution is 2.35. The molecular weight excluding hydrogens is 234 g/mol. The van der Waals surface area contributed by atoms with Gasteiger partial charge in [-0.1, -0.05) is 12.1 Å². The second-order valence-electron chi connectivity index (χ2n) is 6.16. The number of hydrogen-bond acceptors (Lipinski definition) is 2. The highest BCUT2D eigenvalue weighted by molar-refractivity contribution is 5.95. The van der Waals surface area contributed by atoms with Gasteiger partial charge in [-0.25, -0.2) is 0 Å². The van der Waals surface area contributed by atoms with Gasteiger partial charge in [-0.15, -0.1) is 0 Å². The van der Waals surface area contributed by atoms with Gasteiger partial charge in [0.25, 0.3) is 0 Å². The lowest BCUT2D eigenvalue weighted by Crippen LogP contribution is -2.28. The molecule has 0 aromatic heterocycles. The van der Waals surface area contributed by atoms with Crippen LogP contribution in [-0.2, 0) is 6.54 Å². The van der Waals surface area contributed by atoms with Crippen LogP contribution < -0.4 is 5.73 Å². The molecule has 0 heterocycles. The van der Waals surface area contributed by atoms with E-state index in [1.54, 1.807) is 0 Å². The number of amidine groups is 1. The fourth-order valence-corrected chi connectivity index (χ4v) is 2.67. The minimum absolute atomic E-state index is 0.159. The minimum atomic E-state index is 0.159. The summed E-state index contributed by atoms with van der Waals surface area (Å²) in [7, 11) is 0. The summed E-state index contributed by atoms with van der Waals surface area (Å²) in [6, 6.07) is 6.99. The second kappa shape index (κ2) is 4.97. The van der Waals surface area contributed by atoms with Crippen LogP contribution in [0.5, 0.6) is 0 Å². The molecule has 3 heteroatoms. The Balaban J connectivity index is 1.71. The van der Waals surface area contributed by atoms with Crippen molar-refractivity contribution in [3.63, 3.8) is 0 Å². The molecule has 2 aliphatic carbocycles. The van der Waals surface area contributed by atoms with Crippen LogP contribution in [0.1, 0.15) is 42.4 Å². The molecule has 1 aromatic carbocycles. The molecule has 3 N–H and O–H groups in total. The van der Waals surface area contributed by atoms with E-state index in [0.717, 1.165) is 24.1 Å². The summed E-state index contributed by atoms with van der Waals surface area (Å²) in [5, 5.41) is 7.49. The van der Waals surface area contributed by atoms with Crippen LogP contribution in [0.2, 0.25) is 0 Å². The Kier molecular flexibility index (Phi) is 3.31. The number of nitrogens with two attached hydrogens (primary N) is 1. The van der Waals surface area contributed by atoms with Crippen molar-refractivity contribution in [3.8, 4) is 0 Å². The predicted molar refractivity (Wildman–Crippen MR) is 78.4 cm³/mol. The third-order valence-electron chi connectivity index (χ3n) is 4.28. The van der Waals surface area contributed by atoms with Crippen molar-refractivity contribution in [1.29, 1.82) is 5.41 Å². The van der Waals surface area contributed by atoms with Gasteiger partial charge in [-0.3, -0.25) is 10.3 Å². The van der Waals surface area contributed by atoms with Gasteiger partial charge in [0, 0.05) is 24.7 Å². The molecule has 0 atom stereocenters. The molecular formula is C16H23N3. The van der Waals surface area contributed by atoms with Crippen molar-refractivity contribution < 1.29 is 0 Å². The van der Waals surface area contributed by atoms with Crippen LogP contribution in [0.3, 0.4) is 0 Å². The summed E-state index contributed by atoms with van der Waals surface area (Å²) in [4.78, 5) is 2.66. The van der Waals surface area contributed by atoms with Crippen LogP contribution in [-0.4, -0.2) is 23.3 Å². The zero-order valence-electron chi connectivity index (χ0n) is 11.7. The van der Waals surface area contributed by atoms with Gasteiger partial charge < -0.3 is 5.73 Å². The van der Waals surface area contributed by atoms with Crippen LogP contribution in [0.25, 0.3) is 0 Å².